The van der Waals surface area contributed by atoms with E-state index in [1.54, 1.807) is 0 Å². The maximum atomic E-state index is 6.44. The highest BCUT2D eigenvalue weighted by Gasteiger charge is 2.24. The highest BCUT2D eigenvalue weighted by Crippen LogP contribution is 2.23. The summed E-state index contributed by atoms with van der Waals surface area (Å²) in [5.41, 5.74) is 0. The molecule has 5 heteroatoms. The third-order valence-corrected chi connectivity index (χ3v) is 7.61. The third kappa shape index (κ3) is 13.4. The second-order valence-electron chi connectivity index (χ2n) is 10.7. The first-order valence-electron chi connectivity index (χ1n) is 15.7. The molecule has 1 aromatic carbocycles. The zero-order valence-electron chi connectivity index (χ0n) is 24.7. The standard InChI is InChI=1S/C32H58N2O3/c1-5-9-11-13-15-17-19-25-33(7-3)31-27-35-28-32(37-30-23-21-29(36-31)22-24-30)34(8-4)26-20-18-16-14-12-10-6-2/h21-24,31-32H,5-20,25-28H2,1-4H3. The van der Waals surface area contributed by atoms with Crippen molar-refractivity contribution in [1.82, 2.24) is 9.80 Å². The number of benzene rings is 1. The van der Waals surface area contributed by atoms with Crippen LogP contribution in [0, 0.1) is 0 Å². The molecule has 2 heterocycles. The van der Waals surface area contributed by atoms with Crippen molar-refractivity contribution in [2.75, 3.05) is 39.4 Å². The molecule has 0 fully saturated rings. The lowest BCUT2D eigenvalue weighted by molar-refractivity contribution is -0.0827. The molecule has 1 aromatic rings. The zero-order valence-corrected chi connectivity index (χ0v) is 24.7. The van der Waals surface area contributed by atoms with Gasteiger partial charge in [-0.25, -0.2) is 0 Å². The van der Waals surface area contributed by atoms with E-state index in [1.807, 2.05) is 24.3 Å². The van der Waals surface area contributed by atoms with Gasteiger partial charge < -0.3 is 14.2 Å². The minimum atomic E-state index is -0.0760. The topological polar surface area (TPSA) is 34.2 Å². The van der Waals surface area contributed by atoms with Crippen molar-refractivity contribution in [3.8, 4) is 11.5 Å². The summed E-state index contributed by atoms with van der Waals surface area (Å²) < 4.78 is 19.2. The normalized spacial score (nSPS) is 18.1. The molecule has 0 aliphatic carbocycles. The highest BCUT2D eigenvalue weighted by atomic mass is 16.6. The molecule has 2 aliphatic rings. The average molecular weight is 519 g/mol. The zero-order chi connectivity index (χ0) is 26.6. The van der Waals surface area contributed by atoms with Gasteiger partial charge in [-0.15, -0.1) is 0 Å². The van der Waals surface area contributed by atoms with E-state index in [4.69, 9.17) is 14.2 Å². The lowest BCUT2D eigenvalue weighted by Crippen LogP contribution is -2.46. The summed E-state index contributed by atoms with van der Waals surface area (Å²) in [5.74, 6) is 1.76. The van der Waals surface area contributed by atoms with Crippen LogP contribution in [0.4, 0.5) is 0 Å². The first kappa shape index (κ1) is 31.9. The molecule has 0 N–H and O–H groups in total. The minimum Gasteiger partial charge on any atom is -0.473 e. The monoisotopic (exact) mass is 518 g/mol. The molecule has 214 valence electrons. The molecule has 2 atom stereocenters. The number of likely N-dealkylation sites (N-methyl/N-ethyl adjacent to an activating group) is 2. The lowest BCUT2D eigenvalue weighted by atomic mass is 10.1. The summed E-state index contributed by atoms with van der Waals surface area (Å²) in [4.78, 5) is 4.87. The largest absolute Gasteiger partial charge is 0.473 e. The molecule has 0 radical (unpaired) electrons. The Balaban J connectivity index is 1.89. The number of unbranched alkanes of at least 4 members (excludes halogenated alkanes) is 12. The second kappa shape index (κ2) is 20.6. The van der Waals surface area contributed by atoms with E-state index in [9.17, 15) is 0 Å². The van der Waals surface area contributed by atoms with Gasteiger partial charge in [-0.3, -0.25) is 9.80 Å². The predicted octanol–water partition coefficient (Wildman–Crippen LogP) is 8.27. The molecule has 0 spiro atoms. The van der Waals surface area contributed by atoms with Gasteiger partial charge in [0.2, 0.25) is 0 Å². The fourth-order valence-electron chi connectivity index (χ4n) is 5.16. The first-order valence-corrected chi connectivity index (χ1v) is 15.7. The molecular weight excluding hydrogens is 460 g/mol. The summed E-state index contributed by atoms with van der Waals surface area (Å²) in [6.07, 6.45) is 18.4. The number of rotatable bonds is 20. The fraction of sp³-hybridized carbons (Fsp3) is 0.812. The maximum absolute atomic E-state index is 6.44. The van der Waals surface area contributed by atoms with Gasteiger partial charge in [0.1, 0.15) is 11.5 Å². The fourth-order valence-corrected chi connectivity index (χ4v) is 5.16. The SMILES string of the molecule is CCCCCCCCCN(CC)C1COCC(N(CC)CCCCCCCCC)Oc2ccc(cc2)O1. The Hall–Kier alpha value is -1.30. The van der Waals surface area contributed by atoms with Crippen LogP contribution in [-0.2, 0) is 4.74 Å². The van der Waals surface area contributed by atoms with Crippen LogP contribution in [0.5, 0.6) is 11.5 Å². The molecule has 0 saturated carbocycles. The van der Waals surface area contributed by atoms with Crippen LogP contribution in [0.25, 0.3) is 0 Å². The number of fused-ring (bicyclic) bond motifs is 8. The van der Waals surface area contributed by atoms with Gasteiger partial charge in [-0.05, 0) is 50.2 Å². The molecule has 2 bridgehead atoms. The molecule has 37 heavy (non-hydrogen) atoms. The van der Waals surface area contributed by atoms with Crippen molar-refractivity contribution in [3.63, 3.8) is 0 Å². The smallest absolute Gasteiger partial charge is 0.176 e. The number of nitrogens with zero attached hydrogens (tertiary/aromatic N) is 2. The van der Waals surface area contributed by atoms with Gasteiger partial charge in [0.25, 0.3) is 0 Å². The van der Waals surface area contributed by atoms with Crippen molar-refractivity contribution in [3.05, 3.63) is 24.3 Å². The van der Waals surface area contributed by atoms with Crippen LogP contribution >= 0.6 is 0 Å². The van der Waals surface area contributed by atoms with Crippen molar-refractivity contribution < 1.29 is 14.2 Å². The molecule has 2 unspecified atom stereocenters. The van der Waals surface area contributed by atoms with Gasteiger partial charge in [0, 0.05) is 13.1 Å². The molecule has 0 amide bonds. The summed E-state index contributed by atoms with van der Waals surface area (Å²) in [6, 6.07) is 8.16. The number of ether oxygens (including phenoxy) is 3. The summed E-state index contributed by atoms with van der Waals surface area (Å²) in [5, 5.41) is 0. The Morgan fingerprint density at radius 2 is 0.892 bits per heavy atom. The molecule has 5 nitrogen and oxygen atoms in total. The predicted molar refractivity (Wildman–Crippen MR) is 157 cm³/mol. The van der Waals surface area contributed by atoms with E-state index in [0.717, 1.165) is 37.7 Å². The van der Waals surface area contributed by atoms with Gasteiger partial charge in [0.05, 0.1) is 13.2 Å². The van der Waals surface area contributed by atoms with E-state index in [2.05, 4.69) is 37.5 Å². The highest BCUT2D eigenvalue weighted by molar-refractivity contribution is 5.31. The quantitative estimate of drug-likeness (QED) is 0.128. The lowest BCUT2D eigenvalue weighted by Gasteiger charge is -2.32. The van der Waals surface area contributed by atoms with E-state index < -0.39 is 0 Å². The van der Waals surface area contributed by atoms with Crippen molar-refractivity contribution in [2.45, 2.75) is 130 Å². The van der Waals surface area contributed by atoms with Gasteiger partial charge in [-0.1, -0.05) is 105 Å². The van der Waals surface area contributed by atoms with Crippen LogP contribution in [0.1, 0.15) is 118 Å². The van der Waals surface area contributed by atoms with Crippen molar-refractivity contribution >= 4 is 0 Å². The van der Waals surface area contributed by atoms with Gasteiger partial charge >= 0.3 is 0 Å². The maximum Gasteiger partial charge on any atom is 0.176 e. The first-order chi connectivity index (χ1) is 18.2. The van der Waals surface area contributed by atoms with Crippen LogP contribution in [-0.4, -0.2) is 61.6 Å². The summed E-state index contributed by atoms with van der Waals surface area (Å²) >= 11 is 0. The Kier molecular flexibility index (Phi) is 17.8. The van der Waals surface area contributed by atoms with Crippen molar-refractivity contribution in [2.24, 2.45) is 0 Å². The Morgan fingerprint density at radius 1 is 0.541 bits per heavy atom. The van der Waals surface area contributed by atoms with E-state index in [1.165, 1.54) is 89.9 Å². The molecule has 3 rings (SSSR count). The van der Waals surface area contributed by atoms with E-state index in [0.29, 0.717) is 13.2 Å². The van der Waals surface area contributed by atoms with Gasteiger partial charge in [0.15, 0.2) is 12.5 Å². The van der Waals surface area contributed by atoms with Crippen LogP contribution in [0.15, 0.2) is 24.3 Å². The molecular formula is C32H58N2O3. The molecule has 0 aromatic heterocycles. The van der Waals surface area contributed by atoms with E-state index in [-0.39, 0.29) is 12.5 Å². The third-order valence-electron chi connectivity index (χ3n) is 7.61. The Bertz CT molecular complexity index is 599. The molecule has 0 saturated heterocycles. The van der Waals surface area contributed by atoms with Crippen LogP contribution in [0.2, 0.25) is 0 Å². The summed E-state index contributed by atoms with van der Waals surface area (Å²) in [7, 11) is 0. The number of hydrogen-bond donors (Lipinski definition) is 0. The minimum absolute atomic E-state index is 0.0760. The van der Waals surface area contributed by atoms with Crippen LogP contribution in [0.3, 0.4) is 0 Å². The Labute approximate surface area is 229 Å². The van der Waals surface area contributed by atoms with Crippen LogP contribution < -0.4 is 9.47 Å². The number of hydrogen-bond acceptors (Lipinski definition) is 5. The Morgan fingerprint density at radius 3 is 1.24 bits per heavy atom. The summed E-state index contributed by atoms with van der Waals surface area (Å²) in [6.45, 7) is 14.1. The van der Waals surface area contributed by atoms with E-state index >= 15 is 0 Å². The van der Waals surface area contributed by atoms with Crippen molar-refractivity contribution in [1.29, 1.82) is 0 Å². The second-order valence-corrected chi connectivity index (χ2v) is 10.7. The average Bonchev–Trinajstić information content (AvgIpc) is 2.98. The van der Waals surface area contributed by atoms with Gasteiger partial charge in [-0.2, -0.15) is 0 Å². The molecule has 2 aliphatic heterocycles.